The number of piperidine rings is 1. The van der Waals surface area contributed by atoms with E-state index in [0.29, 0.717) is 0 Å². The first-order valence-corrected chi connectivity index (χ1v) is 9.53. The van der Waals surface area contributed by atoms with Crippen molar-refractivity contribution in [2.75, 3.05) is 13.1 Å². The second kappa shape index (κ2) is 7.55. The molecule has 2 aromatic carbocycles. The van der Waals surface area contributed by atoms with Crippen LogP contribution in [-0.2, 0) is 6.42 Å². The van der Waals surface area contributed by atoms with Gasteiger partial charge in [0, 0.05) is 16.0 Å². The Kier molecular flexibility index (Phi) is 5.00. The summed E-state index contributed by atoms with van der Waals surface area (Å²) in [7, 11) is 0. The van der Waals surface area contributed by atoms with Crippen LogP contribution < -0.4 is 5.32 Å². The fourth-order valence-electron chi connectivity index (χ4n) is 3.79. The SMILES string of the molecule is Clc1ccccc1-c1cc(CCC2CCNCC2)c2ccccc2n1. The molecule has 1 fully saturated rings. The first-order chi connectivity index (χ1) is 12.3. The van der Waals surface area contributed by atoms with Gasteiger partial charge < -0.3 is 5.32 Å². The number of pyridine rings is 1. The fourth-order valence-corrected chi connectivity index (χ4v) is 4.02. The van der Waals surface area contributed by atoms with Crippen molar-refractivity contribution in [3.05, 3.63) is 65.2 Å². The molecule has 0 bridgehead atoms. The van der Waals surface area contributed by atoms with Crippen LogP contribution in [0.15, 0.2) is 54.6 Å². The van der Waals surface area contributed by atoms with E-state index in [1.165, 1.54) is 30.2 Å². The standard InChI is InChI=1S/C22H23ClN2/c23-20-7-3-1-6-19(20)22-15-17(10-9-16-11-13-24-14-12-16)18-5-2-4-8-21(18)25-22/h1-8,15-16,24H,9-14H2. The van der Waals surface area contributed by atoms with Crippen molar-refractivity contribution in [1.29, 1.82) is 0 Å². The molecule has 1 aliphatic heterocycles. The normalized spacial score (nSPS) is 15.6. The van der Waals surface area contributed by atoms with Gasteiger partial charge in [-0.25, -0.2) is 4.98 Å². The fraction of sp³-hybridized carbons (Fsp3) is 0.318. The third-order valence-corrected chi connectivity index (χ3v) is 5.56. The number of aryl methyl sites for hydroxylation is 1. The summed E-state index contributed by atoms with van der Waals surface area (Å²) >= 11 is 6.41. The topological polar surface area (TPSA) is 24.9 Å². The lowest BCUT2D eigenvalue weighted by Crippen LogP contribution is -2.27. The summed E-state index contributed by atoms with van der Waals surface area (Å²) in [5, 5.41) is 5.48. The minimum Gasteiger partial charge on any atom is -0.317 e. The lowest BCUT2D eigenvalue weighted by molar-refractivity contribution is 0.354. The van der Waals surface area contributed by atoms with E-state index in [9.17, 15) is 0 Å². The van der Waals surface area contributed by atoms with Gasteiger partial charge in [0.2, 0.25) is 0 Å². The summed E-state index contributed by atoms with van der Waals surface area (Å²) in [4.78, 5) is 4.87. The number of aromatic nitrogens is 1. The van der Waals surface area contributed by atoms with Gasteiger partial charge in [-0.2, -0.15) is 0 Å². The molecule has 0 unspecified atom stereocenters. The maximum atomic E-state index is 6.41. The van der Waals surface area contributed by atoms with Gasteiger partial charge in [0.25, 0.3) is 0 Å². The summed E-state index contributed by atoms with van der Waals surface area (Å²) < 4.78 is 0. The Balaban J connectivity index is 1.70. The molecule has 2 heterocycles. The first-order valence-electron chi connectivity index (χ1n) is 9.15. The van der Waals surface area contributed by atoms with Crippen LogP contribution in [0.2, 0.25) is 5.02 Å². The Labute approximate surface area is 154 Å². The second-order valence-electron chi connectivity index (χ2n) is 6.90. The molecule has 25 heavy (non-hydrogen) atoms. The first kappa shape index (κ1) is 16.6. The third-order valence-electron chi connectivity index (χ3n) is 5.23. The van der Waals surface area contributed by atoms with Crippen molar-refractivity contribution in [3.8, 4) is 11.3 Å². The monoisotopic (exact) mass is 350 g/mol. The van der Waals surface area contributed by atoms with Gasteiger partial charge in [-0.3, -0.25) is 0 Å². The van der Waals surface area contributed by atoms with Gasteiger partial charge in [-0.1, -0.05) is 48.0 Å². The molecule has 3 aromatic rings. The molecule has 1 saturated heterocycles. The van der Waals surface area contributed by atoms with E-state index in [-0.39, 0.29) is 0 Å². The zero-order valence-electron chi connectivity index (χ0n) is 14.3. The highest BCUT2D eigenvalue weighted by Gasteiger charge is 2.15. The van der Waals surface area contributed by atoms with Gasteiger partial charge in [-0.15, -0.1) is 0 Å². The highest BCUT2D eigenvalue weighted by Crippen LogP contribution is 2.31. The number of halogens is 1. The minimum atomic E-state index is 0.759. The zero-order valence-corrected chi connectivity index (χ0v) is 15.1. The highest BCUT2D eigenvalue weighted by atomic mass is 35.5. The van der Waals surface area contributed by atoms with E-state index < -0.39 is 0 Å². The minimum absolute atomic E-state index is 0.759. The molecule has 1 aromatic heterocycles. The van der Waals surface area contributed by atoms with Crippen molar-refractivity contribution in [2.24, 2.45) is 5.92 Å². The predicted octanol–water partition coefficient (Wildman–Crippen LogP) is 5.49. The van der Waals surface area contributed by atoms with Crippen LogP contribution >= 0.6 is 11.6 Å². The van der Waals surface area contributed by atoms with E-state index in [1.807, 2.05) is 18.2 Å². The lowest BCUT2D eigenvalue weighted by atomic mass is 9.90. The molecular weight excluding hydrogens is 328 g/mol. The van der Waals surface area contributed by atoms with E-state index in [4.69, 9.17) is 16.6 Å². The maximum Gasteiger partial charge on any atom is 0.0727 e. The Morgan fingerprint density at radius 3 is 2.60 bits per heavy atom. The smallest absolute Gasteiger partial charge is 0.0727 e. The van der Waals surface area contributed by atoms with Gasteiger partial charge in [0.15, 0.2) is 0 Å². The van der Waals surface area contributed by atoms with Crippen molar-refractivity contribution in [3.63, 3.8) is 0 Å². The van der Waals surface area contributed by atoms with E-state index >= 15 is 0 Å². The Morgan fingerprint density at radius 1 is 1.00 bits per heavy atom. The van der Waals surface area contributed by atoms with Gasteiger partial charge in [0.05, 0.1) is 11.2 Å². The van der Waals surface area contributed by atoms with Gasteiger partial charge in [0.1, 0.15) is 0 Å². The molecule has 2 nitrogen and oxygen atoms in total. The summed E-state index contributed by atoms with van der Waals surface area (Å²) in [5.41, 5.74) is 4.43. The largest absolute Gasteiger partial charge is 0.317 e. The Bertz CT molecular complexity index is 869. The molecule has 0 atom stereocenters. The average molecular weight is 351 g/mol. The molecule has 4 rings (SSSR count). The van der Waals surface area contributed by atoms with Crippen LogP contribution in [0.3, 0.4) is 0 Å². The summed E-state index contributed by atoms with van der Waals surface area (Å²) in [6.45, 7) is 2.32. The Morgan fingerprint density at radius 2 is 1.76 bits per heavy atom. The van der Waals surface area contributed by atoms with Crippen LogP contribution in [-0.4, -0.2) is 18.1 Å². The number of para-hydroxylation sites is 1. The number of benzene rings is 2. The summed E-state index contributed by atoms with van der Waals surface area (Å²) in [5.74, 6) is 0.831. The van der Waals surface area contributed by atoms with Crippen LogP contribution in [0, 0.1) is 5.92 Å². The summed E-state index contributed by atoms with van der Waals surface area (Å²) in [6, 6.07) is 18.7. The molecule has 0 amide bonds. The van der Waals surface area contributed by atoms with E-state index in [1.54, 1.807) is 0 Å². The van der Waals surface area contributed by atoms with E-state index in [0.717, 1.165) is 47.2 Å². The number of nitrogens with zero attached hydrogens (tertiary/aromatic N) is 1. The predicted molar refractivity (Wildman–Crippen MR) is 106 cm³/mol. The number of hydrogen-bond donors (Lipinski definition) is 1. The van der Waals surface area contributed by atoms with E-state index in [2.05, 4.69) is 41.7 Å². The quantitative estimate of drug-likeness (QED) is 0.673. The molecule has 128 valence electrons. The molecule has 0 radical (unpaired) electrons. The van der Waals surface area contributed by atoms with Crippen molar-refractivity contribution < 1.29 is 0 Å². The molecule has 0 saturated carbocycles. The highest BCUT2D eigenvalue weighted by molar-refractivity contribution is 6.33. The molecule has 1 aliphatic rings. The number of hydrogen-bond acceptors (Lipinski definition) is 2. The van der Waals surface area contributed by atoms with Crippen LogP contribution in [0.4, 0.5) is 0 Å². The molecule has 0 aliphatic carbocycles. The van der Waals surface area contributed by atoms with Crippen molar-refractivity contribution >= 4 is 22.5 Å². The maximum absolute atomic E-state index is 6.41. The molecule has 0 spiro atoms. The third kappa shape index (κ3) is 3.70. The van der Waals surface area contributed by atoms with Gasteiger partial charge in [-0.05, 0) is 68.5 Å². The number of rotatable bonds is 4. The zero-order chi connectivity index (χ0) is 17.1. The molecule has 3 heteroatoms. The molecule has 1 N–H and O–H groups in total. The Hall–Kier alpha value is -1.90. The van der Waals surface area contributed by atoms with Crippen molar-refractivity contribution in [1.82, 2.24) is 10.3 Å². The van der Waals surface area contributed by atoms with Crippen molar-refractivity contribution in [2.45, 2.75) is 25.7 Å². The van der Waals surface area contributed by atoms with Crippen LogP contribution in [0.25, 0.3) is 22.2 Å². The number of nitrogens with one attached hydrogen (secondary N) is 1. The lowest BCUT2D eigenvalue weighted by Gasteiger charge is -2.22. The van der Waals surface area contributed by atoms with Crippen LogP contribution in [0.5, 0.6) is 0 Å². The number of fused-ring (bicyclic) bond motifs is 1. The average Bonchev–Trinajstić information content (AvgIpc) is 2.67. The second-order valence-corrected chi connectivity index (χ2v) is 7.30. The van der Waals surface area contributed by atoms with Gasteiger partial charge >= 0.3 is 0 Å². The van der Waals surface area contributed by atoms with Crippen LogP contribution in [0.1, 0.15) is 24.8 Å². The molecular formula is C22H23ClN2. The summed E-state index contributed by atoms with van der Waals surface area (Å²) in [6.07, 6.45) is 4.93.